The monoisotopic (exact) mass is 489 g/mol. The molecular weight excluding hydrogens is 453 g/mol. The lowest BCUT2D eigenvalue weighted by Crippen LogP contribution is -2.40. The molecule has 1 aliphatic heterocycles. The lowest BCUT2D eigenvalue weighted by atomic mass is 10.1. The summed E-state index contributed by atoms with van der Waals surface area (Å²) in [5.41, 5.74) is 1.23. The van der Waals surface area contributed by atoms with Gasteiger partial charge in [0.05, 0.1) is 26.4 Å². The molecule has 1 aromatic rings. The highest BCUT2D eigenvalue weighted by atomic mass is 127. The van der Waals surface area contributed by atoms with Crippen molar-refractivity contribution >= 4 is 29.9 Å². The molecule has 1 heterocycles. The van der Waals surface area contributed by atoms with Crippen LogP contribution < -0.4 is 5.32 Å². The molecule has 0 saturated carbocycles. The molecule has 1 saturated heterocycles. The van der Waals surface area contributed by atoms with E-state index in [0.29, 0.717) is 31.6 Å². The molecule has 0 spiro atoms. The molecule has 0 amide bonds. The van der Waals surface area contributed by atoms with Gasteiger partial charge in [0, 0.05) is 32.2 Å². The van der Waals surface area contributed by atoms with E-state index in [1.807, 2.05) is 6.07 Å². The van der Waals surface area contributed by atoms with Crippen LogP contribution >= 0.6 is 24.0 Å². The van der Waals surface area contributed by atoms with Crippen LogP contribution in [0.4, 0.5) is 0 Å². The topological polar surface area (TPSA) is 46.1 Å². The SMILES string of the molecule is CCNC(=NCCOCC(C)C)N1CCC(COCc2ccccc2)C1.I. The first-order valence-electron chi connectivity index (χ1n) is 9.91. The molecule has 0 bridgehead atoms. The number of likely N-dealkylation sites (tertiary alicyclic amines) is 1. The highest BCUT2D eigenvalue weighted by Gasteiger charge is 2.24. The first-order chi connectivity index (χ1) is 12.7. The average molecular weight is 489 g/mol. The maximum Gasteiger partial charge on any atom is 0.194 e. The Bertz CT molecular complexity index is 525. The predicted octanol–water partition coefficient (Wildman–Crippen LogP) is 3.78. The van der Waals surface area contributed by atoms with E-state index >= 15 is 0 Å². The second-order valence-corrected chi connectivity index (χ2v) is 7.31. The smallest absolute Gasteiger partial charge is 0.194 e. The summed E-state index contributed by atoms with van der Waals surface area (Å²) in [6.07, 6.45) is 1.16. The van der Waals surface area contributed by atoms with Crippen LogP contribution in [0.3, 0.4) is 0 Å². The Morgan fingerprint density at radius 2 is 2.04 bits per heavy atom. The zero-order valence-electron chi connectivity index (χ0n) is 17.0. The summed E-state index contributed by atoms with van der Waals surface area (Å²) in [5, 5.41) is 3.41. The third kappa shape index (κ3) is 9.76. The second kappa shape index (κ2) is 14.2. The van der Waals surface area contributed by atoms with Crippen LogP contribution in [0.25, 0.3) is 0 Å². The molecule has 1 atom stereocenters. The van der Waals surface area contributed by atoms with Gasteiger partial charge in [-0.05, 0) is 24.8 Å². The third-order valence-electron chi connectivity index (χ3n) is 4.33. The molecule has 27 heavy (non-hydrogen) atoms. The lowest BCUT2D eigenvalue weighted by Gasteiger charge is -2.21. The van der Waals surface area contributed by atoms with Gasteiger partial charge in [0.25, 0.3) is 0 Å². The minimum Gasteiger partial charge on any atom is -0.379 e. The van der Waals surface area contributed by atoms with Gasteiger partial charge in [0.2, 0.25) is 0 Å². The fourth-order valence-electron chi connectivity index (χ4n) is 3.04. The van der Waals surface area contributed by atoms with Crippen molar-refractivity contribution in [2.75, 3.05) is 46.0 Å². The zero-order valence-corrected chi connectivity index (χ0v) is 19.4. The summed E-state index contributed by atoms with van der Waals surface area (Å²) >= 11 is 0. The predicted molar refractivity (Wildman–Crippen MR) is 123 cm³/mol. The van der Waals surface area contributed by atoms with Crippen LogP contribution in [0.5, 0.6) is 0 Å². The number of guanidine groups is 1. The van der Waals surface area contributed by atoms with Crippen LogP contribution in [-0.4, -0.2) is 56.9 Å². The number of halogens is 1. The van der Waals surface area contributed by atoms with Gasteiger partial charge >= 0.3 is 0 Å². The maximum atomic E-state index is 5.92. The van der Waals surface area contributed by atoms with E-state index in [2.05, 4.69) is 55.3 Å². The van der Waals surface area contributed by atoms with Gasteiger partial charge in [-0.25, -0.2) is 0 Å². The van der Waals surface area contributed by atoms with Crippen molar-refractivity contribution in [3.05, 3.63) is 35.9 Å². The van der Waals surface area contributed by atoms with Crippen molar-refractivity contribution in [2.45, 2.75) is 33.8 Å². The summed E-state index contributed by atoms with van der Waals surface area (Å²) in [7, 11) is 0. The number of hydrogen-bond acceptors (Lipinski definition) is 3. The lowest BCUT2D eigenvalue weighted by molar-refractivity contribution is 0.0906. The fraction of sp³-hybridized carbons (Fsp3) is 0.667. The molecule has 0 aliphatic carbocycles. The molecule has 0 aromatic heterocycles. The Morgan fingerprint density at radius 3 is 2.74 bits per heavy atom. The summed E-state index contributed by atoms with van der Waals surface area (Å²) < 4.78 is 11.5. The van der Waals surface area contributed by atoms with Crippen molar-refractivity contribution in [3.63, 3.8) is 0 Å². The van der Waals surface area contributed by atoms with Gasteiger partial charge in [-0.3, -0.25) is 4.99 Å². The summed E-state index contributed by atoms with van der Waals surface area (Å²) in [6, 6.07) is 10.4. The molecular formula is C21H36IN3O2. The Hall–Kier alpha value is -0.860. The molecule has 1 aromatic carbocycles. The van der Waals surface area contributed by atoms with Crippen molar-refractivity contribution in [2.24, 2.45) is 16.8 Å². The number of rotatable bonds is 10. The summed E-state index contributed by atoms with van der Waals surface area (Å²) in [6.45, 7) is 13.1. The van der Waals surface area contributed by atoms with Crippen LogP contribution in [0, 0.1) is 11.8 Å². The normalized spacial score (nSPS) is 17.3. The van der Waals surface area contributed by atoms with Crippen molar-refractivity contribution in [3.8, 4) is 0 Å². The third-order valence-corrected chi connectivity index (χ3v) is 4.33. The number of benzene rings is 1. The fourth-order valence-corrected chi connectivity index (χ4v) is 3.04. The van der Waals surface area contributed by atoms with E-state index in [0.717, 1.165) is 45.2 Å². The Labute approximate surface area is 181 Å². The minimum absolute atomic E-state index is 0. The van der Waals surface area contributed by atoms with Crippen molar-refractivity contribution in [1.82, 2.24) is 10.2 Å². The van der Waals surface area contributed by atoms with Crippen LogP contribution in [0.2, 0.25) is 0 Å². The molecule has 5 nitrogen and oxygen atoms in total. The van der Waals surface area contributed by atoms with E-state index in [1.54, 1.807) is 0 Å². The van der Waals surface area contributed by atoms with Crippen LogP contribution in [0.1, 0.15) is 32.8 Å². The first-order valence-corrected chi connectivity index (χ1v) is 9.91. The van der Waals surface area contributed by atoms with Gasteiger partial charge in [-0.15, -0.1) is 24.0 Å². The molecule has 2 rings (SSSR count). The Balaban J connectivity index is 0.00000364. The molecule has 154 valence electrons. The van der Waals surface area contributed by atoms with Gasteiger partial charge in [-0.1, -0.05) is 44.2 Å². The quantitative estimate of drug-likeness (QED) is 0.235. The van der Waals surface area contributed by atoms with E-state index in [1.165, 1.54) is 5.56 Å². The van der Waals surface area contributed by atoms with Gasteiger partial charge in [-0.2, -0.15) is 0 Å². The molecule has 6 heteroatoms. The van der Waals surface area contributed by atoms with Crippen LogP contribution in [0.15, 0.2) is 35.3 Å². The van der Waals surface area contributed by atoms with Crippen molar-refractivity contribution in [1.29, 1.82) is 0 Å². The van der Waals surface area contributed by atoms with E-state index < -0.39 is 0 Å². The molecule has 0 radical (unpaired) electrons. The van der Waals surface area contributed by atoms with E-state index in [4.69, 9.17) is 14.5 Å². The maximum absolute atomic E-state index is 5.92. The first kappa shape index (κ1) is 24.2. The second-order valence-electron chi connectivity index (χ2n) is 7.31. The number of hydrogen-bond donors (Lipinski definition) is 1. The highest BCUT2D eigenvalue weighted by Crippen LogP contribution is 2.17. The average Bonchev–Trinajstić information content (AvgIpc) is 3.10. The van der Waals surface area contributed by atoms with Crippen molar-refractivity contribution < 1.29 is 9.47 Å². The molecule has 1 aliphatic rings. The summed E-state index contributed by atoms with van der Waals surface area (Å²) in [5.74, 6) is 2.15. The molecule has 1 fully saturated rings. The largest absolute Gasteiger partial charge is 0.379 e. The number of nitrogens with zero attached hydrogens (tertiary/aromatic N) is 2. The minimum atomic E-state index is 0. The highest BCUT2D eigenvalue weighted by molar-refractivity contribution is 14.0. The molecule has 1 N–H and O–H groups in total. The Kier molecular flexibility index (Phi) is 12.7. The molecule has 1 unspecified atom stereocenters. The zero-order chi connectivity index (χ0) is 18.6. The summed E-state index contributed by atoms with van der Waals surface area (Å²) in [4.78, 5) is 7.07. The van der Waals surface area contributed by atoms with Gasteiger partial charge < -0.3 is 19.7 Å². The van der Waals surface area contributed by atoms with E-state index in [9.17, 15) is 0 Å². The van der Waals surface area contributed by atoms with E-state index in [-0.39, 0.29) is 24.0 Å². The number of aliphatic imine (C=N–C) groups is 1. The van der Waals surface area contributed by atoms with Crippen LogP contribution in [-0.2, 0) is 16.1 Å². The number of ether oxygens (including phenoxy) is 2. The van der Waals surface area contributed by atoms with Gasteiger partial charge in [0.1, 0.15) is 0 Å². The number of nitrogens with one attached hydrogen (secondary N) is 1. The van der Waals surface area contributed by atoms with Gasteiger partial charge in [0.15, 0.2) is 5.96 Å². The Morgan fingerprint density at radius 1 is 1.26 bits per heavy atom. The standard InChI is InChI=1S/C21H35N3O2.HI/c1-4-22-21(23-11-13-25-15-18(2)3)24-12-10-20(14-24)17-26-16-19-8-6-5-7-9-19;/h5-9,18,20H,4,10-17H2,1-3H3,(H,22,23);1H.